The lowest BCUT2D eigenvalue weighted by Crippen LogP contribution is -1.98. The maximum atomic E-state index is 14.0. The molecule has 0 radical (unpaired) electrons. The Morgan fingerprint density at radius 2 is 1.81 bits per heavy atom. The van der Waals surface area contributed by atoms with Gasteiger partial charge in [0.25, 0.3) is 0 Å². The summed E-state index contributed by atoms with van der Waals surface area (Å²) in [5.74, 6) is -1.48. The summed E-state index contributed by atoms with van der Waals surface area (Å²) >= 11 is 0. The molecule has 3 aromatic rings. The van der Waals surface area contributed by atoms with Gasteiger partial charge in [-0.25, -0.2) is 8.78 Å². The van der Waals surface area contributed by atoms with Crippen molar-refractivity contribution in [2.45, 2.75) is 0 Å². The minimum absolute atomic E-state index is 0.0779. The Bertz CT molecular complexity index is 797. The van der Waals surface area contributed by atoms with Crippen LogP contribution in [0.15, 0.2) is 42.7 Å². The first-order valence-corrected chi connectivity index (χ1v) is 6.27. The van der Waals surface area contributed by atoms with Crippen LogP contribution in [0.1, 0.15) is 0 Å². The average molecular weight is 286 g/mol. The van der Waals surface area contributed by atoms with Crippen molar-refractivity contribution in [1.29, 1.82) is 0 Å². The molecule has 6 heteroatoms. The van der Waals surface area contributed by atoms with Gasteiger partial charge in [-0.3, -0.25) is 9.67 Å². The van der Waals surface area contributed by atoms with Crippen LogP contribution in [-0.4, -0.2) is 14.8 Å². The molecule has 0 saturated carbocycles. The summed E-state index contributed by atoms with van der Waals surface area (Å²) in [4.78, 5) is 3.94. The Morgan fingerprint density at radius 1 is 1.10 bits per heavy atom. The average Bonchev–Trinajstić information content (AvgIpc) is 2.78. The molecule has 106 valence electrons. The van der Waals surface area contributed by atoms with Crippen LogP contribution in [0.3, 0.4) is 0 Å². The first-order chi connectivity index (χ1) is 10.1. The molecule has 0 saturated heterocycles. The highest BCUT2D eigenvalue weighted by Crippen LogP contribution is 2.36. The molecule has 0 aliphatic heterocycles. The van der Waals surface area contributed by atoms with Crippen molar-refractivity contribution in [3.8, 4) is 22.4 Å². The van der Waals surface area contributed by atoms with Crippen molar-refractivity contribution in [3.05, 3.63) is 54.4 Å². The Hall–Kier alpha value is -2.76. The van der Waals surface area contributed by atoms with E-state index in [1.807, 2.05) is 0 Å². The molecular formula is C15H12F2N4. The van der Waals surface area contributed by atoms with Gasteiger partial charge in [-0.05, 0) is 29.8 Å². The number of pyridine rings is 1. The standard InChI is InChI=1S/C15H12F2N4/c1-21-15(18)12(9-5-7-19-8-6-9)14(20-21)10-3-2-4-11(16)13(10)17/h2-8H,18H2,1H3. The van der Waals surface area contributed by atoms with Gasteiger partial charge in [0, 0.05) is 25.0 Å². The van der Waals surface area contributed by atoms with Crippen molar-refractivity contribution in [2.75, 3.05) is 5.73 Å². The summed E-state index contributed by atoms with van der Waals surface area (Å²) in [5, 5.41) is 4.22. The van der Waals surface area contributed by atoms with Crippen LogP contribution in [0, 0.1) is 11.6 Å². The zero-order valence-corrected chi connectivity index (χ0v) is 11.2. The first kappa shape index (κ1) is 13.2. The first-order valence-electron chi connectivity index (χ1n) is 6.27. The van der Waals surface area contributed by atoms with Crippen LogP contribution >= 0.6 is 0 Å². The van der Waals surface area contributed by atoms with E-state index in [-0.39, 0.29) is 5.56 Å². The van der Waals surface area contributed by atoms with Crippen LogP contribution in [-0.2, 0) is 7.05 Å². The minimum Gasteiger partial charge on any atom is -0.383 e. The quantitative estimate of drug-likeness (QED) is 0.788. The van der Waals surface area contributed by atoms with Crippen LogP contribution in [0.5, 0.6) is 0 Å². The molecule has 4 nitrogen and oxygen atoms in total. The summed E-state index contributed by atoms with van der Waals surface area (Å²) in [7, 11) is 1.65. The predicted octanol–water partition coefficient (Wildman–Crippen LogP) is 3.01. The highest BCUT2D eigenvalue weighted by molar-refractivity contribution is 5.88. The van der Waals surface area contributed by atoms with Crippen molar-refractivity contribution >= 4 is 5.82 Å². The fourth-order valence-electron chi connectivity index (χ4n) is 2.22. The van der Waals surface area contributed by atoms with E-state index in [0.29, 0.717) is 17.1 Å². The van der Waals surface area contributed by atoms with Crippen molar-refractivity contribution in [2.24, 2.45) is 7.05 Å². The van der Waals surface area contributed by atoms with Gasteiger partial charge in [0.1, 0.15) is 11.5 Å². The number of benzene rings is 1. The lowest BCUT2D eigenvalue weighted by atomic mass is 10.0. The number of nitrogens with zero attached hydrogens (tertiary/aromatic N) is 3. The molecule has 2 aromatic heterocycles. The van der Waals surface area contributed by atoms with E-state index in [0.717, 1.165) is 11.6 Å². The molecule has 1 aromatic carbocycles. The van der Waals surface area contributed by atoms with Gasteiger partial charge in [-0.2, -0.15) is 5.10 Å². The normalized spacial score (nSPS) is 10.8. The molecule has 0 atom stereocenters. The van der Waals surface area contributed by atoms with Gasteiger partial charge in [-0.1, -0.05) is 6.07 Å². The highest BCUT2D eigenvalue weighted by atomic mass is 19.2. The van der Waals surface area contributed by atoms with E-state index < -0.39 is 11.6 Å². The van der Waals surface area contributed by atoms with E-state index in [1.165, 1.54) is 16.8 Å². The number of rotatable bonds is 2. The molecule has 2 heterocycles. The largest absolute Gasteiger partial charge is 0.383 e. The monoisotopic (exact) mass is 286 g/mol. The maximum Gasteiger partial charge on any atom is 0.168 e. The number of nitrogens with two attached hydrogens (primary N) is 1. The third kappa shape index (κ3) is 2.14. The Labute approximate surface area is 119 Å². The molecular weight excluding hydrogens is 274 g/mol. The van der Waals surface area contributed by atoms with Crippen LogP contribution < -0.4 is 5.73 Å². The van der Waals surface area contributed by atoms with E-state index in [2.05, 4.69) is 10.1 Å². The van der Waals surface area contributed by atoms with Gasteiger partial charge in [0.05, 0.1) is 5.56 Å². The van der Waals surface area contributed by atoms with Crippen LogP contribution in [0.25, 0.3) is 22.4 Å². The molecule has 0 aliphatic rings. The second kappa shape index (κ2) is 4.97. The zero-order chi connectivity index (χ0) is 15.0. The lowest BCUT2D eigenvalue weighted by molar-refractivity contribution is 0.511. The smallest absolute Gasteiger partial charge is 0.168 e. The van der Waals surface area contributed by atoms with Gasteiger partial charge in [-0.15, -0.1) is 0 Å². The Morgan fingerprint density at radius 3 is 2.52 bits per heavy atom. The molecule has 0 amide bonds. The van der Waals surface area contributed by atoms with Crippen LogP contribution in [0.4, 0.5) is 14.6 Å². The maximum absolute atomic E-state index is 14.0. The second-order valence-corrected chi connectivity index (χ2v) is 4.57. The third-order valence-corrected chi connectivity index (χ3v) is 3.27. The minimum atomic E-state index is -0.939. The van der Waals surface area contributed by atoms with Crippen LogP contribution in [0.2, 0.25) is 0 Å². The molecule has 21 heavy (non-hydrogen) atoms. The Kier molecular flexibility index (Phi) is 3.13. The van der Waals surface area contributed by atoms with Crippen molar-refractivity contribution in [1.82, 2.24) is 14.8 Å². The summed E-state index contributed by atoms with van der Waals surface area (Å²) in [6.45, 7) is 0. The number of hydrogen-bond donors (Lipinski definition) is 1. The number of halogens is 2. The number of aromatic nitrogens is 3. The van der Waals surface area contributed by atoms with E-state index in [4.69, 9.17) is 5.73 Å². The van der Waals surface area contributed by atoms with Gasteiger partial charge >= 0.3 is 0 Å². The van der Waals surface area contributed by atoms with E-state index in [1.54, 1.807) is 31.6 Å². The van der Waals surface area contributed by atoms with Gasteiger partial charge < -0.3 is 5.73 Å². The molecule has 0 fully saturated rings. The zero-order valence-electron chi connectivity index (χ0n) is 11.2. The number of nitrogen functional groups attached to an aromatic ring is 1. The fraction of sp³-hybridized carbons (Fsp3) is 0.0667. The molecule has 0 unspecified atom stereocenters. The fourth-order valence-corrected chi connectivity index (χ4v) is 2.22. The Balaban J connectivity index is 2.30. The van der Waals surface area contributed by atoms with Crippen molar-refractivity contribution in [3.63, 3.8) is 0 Å². The second-order valence-electron chi connectivity index (χ2n) is 4.57. The summed E-state index contributed by atoms with van der Waals surface area (Å²) in [6, 6.07) is 7.47. The van der Waals surface area contributed by atoms with E-state index >= 15 is 0 Å². The topological polar surface area (TPSA) is 56.7 Å². The predicted molar refractivity (Wildman–Crippen MR) is 76.2 cm³/mol. The number of hydrogen-bond acceptors (Lipinski definition) is 3. The lowest BCUT2D eigenvalue weighted by Gasteiger charge is -2.05. The van der Waals surface area contributed by atoms with Gasteiger partial charge in [0.15, 0.2) is 11.6 Å². The van der Waals surface area contributed by atoms with E-state index in [9.17, 15) is 8.78 Å². The third-order valence-electron chi connectivity index (χ3n) is 3.27. The molecule has 0 bridgehead atoms. The highest BCUT2D eigenvalue weighted by Gasteiger charge is 2.21. The summed E-state index contributed by atoms with van der Waals surface area (Å²) < 4.78 is 28.9. The van der Waals surface area contributed by atoms with Gasteiger partial charge in [0.2, 0.25) is 0 Å². The van der Waals surface area contributed by atoms with Crippen molar-refractivity contribution < 1.29 is 8.78 Å². The SMILES string of the molecule is Cn1nc(-c2cccc(F)c2F)c(-c2ccncc2)c1N. The molecule has 0 aliphatic carbocycles. The summed E-state index contributed by atoms with van der Waals surface area (Å²) in [5.41, 5.74) is 7.71. The molecule has 0 spiro atoms. The summed E-state index contributed by atoms with van der Waals surface area (Å²) in [6.07, 6.45) is 3.21. The number of aryl methyl sites for hydroxylation is 1. The number of anilines is 1. The molecule has 3 rings (SSSR count). The molecule has 2 N–H and O–H groups in total.